The molecule has 0 aliphatic rings. The zero-order valence-corrected chi connectivity index (χ0v) is 26.4. The van der Waals surface area contributed by atoms with Crippen LogP contribution in [0.15, 0.2) is 72.8 Å². The number of ether oxygens (including phenoxy) is 3. The first-order chi connectivity index (χ1) is 20.5. The molecule has 0 saturated carbocycles. The number of nitrogens with one attached hydrogen (secondary N) is 1. The van der Waals surface area contributed by atoms with Gasteiger partial charge in [0, 0.05) is 25.6 Å². The Balaban J connectivity index is 2.08. The van der Waals surface area contributed by atoms with Gasteiger partial charge in [-0.3, -0.25) is 13.9 Å². The zero-order valence-electron chi connectivity index (χ0n) is 25.6. The standard InChI is InChI=1S/C32H41N3O7S/c1-23(2)20-33-32(37)28(18-24-11-8-7-9-12-24)34(21-25-13-10-14-27(17-25)40-3)31(36)22-35(43(6,38)39)26-15-16-29(41-4)30(19-26)42-5/h7-17,19,23,28H,18,20-22H2,1-6H3,(H,33,37)/t28-/m0/s1. The average molecular weight is 612 g/mol. The molecule has 0 heterocycles. The van der Waals surface area contributed by atoms with Crippen molar-refractivity contribution < 1.29 is 32.2 Å². The molecule has 0 aliphatic carbocycles. The quantitative estimate of drug-likeness (QED) is 0.277. The van der Waals surface area contributed by atoms with Crippen molar-refractivity contribution in [1.29, 1.82) is 0 Å². The van der Waals surface area contributed by atoms with Crippen LogP contribution in [0.2, 0.25) is 0 Å². The Labute approximate surface area is 254 Å². The molecular formula is C32H41N3O7S. The number of rotatable bonds is 15. The Morgan fingerprint density at radius 2 is 1.51 bits per heavy atom. The van der Waals surface area contributed by atoms with Gasteiger partial charge in [-0.15, -0.1) is 0 Å². The Kier molecular flexibility index (Phi) is 11.8. The number of nitrogens with zero attached hydrogens (tertiary/aromatic N) is 2. The molecule has 10 nitrogen and oxygen atoms in total. The molecule has 0 fully saturated rings. The molecule has 0 spiro atoms. The van der Waals surface area contributed by atoms with Crippen LogP contribution in [0, 0.1) is 5.92 Å². The number of carbonyl (C=O) groups is 2. The van der Waals surface area contributed by atoms with E-state index in [0.717, 1.165) is 21.7 Å². The van der Waals surface area contributed by atoms with E-state index in [9.17, 15) is 18.0 Å². The molecule has 3 rings (SSSR count). The minimum atomic E-state index is -3.93. The smallest absolute Gasteiger partial charge is 0.244 e. The third-order valence-electron chi connectivity index (χ3n) is 6.78. The number of benzene rings is 3. The van der Waals surface area contributed by atoms with Crippen LogP contribution in [0.1, 0.15) is 25.0 Å². The van der Waals surface area contributed by atoms with E-state index in [-0.39, 0.29) is 30.5 Å². The first-order valence-corrected chi connectivity index (χ1v) is 15.7. The van der Waals surface area contributed by atoms with E-state index in [2.05, 4.69) is 5.32 Å². The van der Waals surface area contributed by atoms with Crippen molar-refractivity contribution in [2.75, 3.05) is 45.0 Å². The summed E-state index contributed by atoms with van der Waals surface area (Å²) >= 11 is 0. The number of methoxy groups -OCH3 is 3. The van der Waals surface area contributed by atoms with Gasteiger partial charge < -0.3 is 24.4 Å². The fraction of sp³-hybridized carbons (Fsp3) is 0.375. The maximum Gasteiger partial charge on any atom is 0.244 e. The number of hydrogen-bond acceptors (Lipinski definition) is 7. The highest BCUT2D eigenvalue weighted by Gasteiger charge is 2.33. The van der Waals surface area contributed by atoms with Crippen LogP contribution in [0.25, 0.3) is 0 Å². The molecule has 0 radical (unpaired) electrons. The first kappa shape index (κ1) is 33.3. The summed E-state index contributed by atoms with van der Waals surface area (Å²) in [5, 5.41) is 2.97. The predicted octanol–water partition coefficient (Wildman–Crippen LogP) is 3.89. The summed E-state index contributed by atoms with van der Waals surface area (Å²) in [5.41, 5.74) is 1.80. The molecule has 0 saturated heterocycles. The molecule has 1 atom stereocenters. The van der Waals surface area contributed by atoms with Crippen molar-refractivity contribution in [2.24, 2.45) is 5.92 Å². The molecule has 1 N–H and O–H groups in total. The molecule has 43 heavy (non-hydrogen) atoms. The first-order valence-electron chi connectivity index (χ1n) is 13.9. The number of hydrogen-bond donors (Lipinski definition) is 1. The largest absolute Gasteiger partial charge is 0.497 e. The van der Waals surface area contributed by atoms with Crippen molar-refractivity contribution in [3.8, 4) is 17.2 Å². The summed E-state index contributed by atoms with van der Waals surface area (Å²) in [5.74, 6) is 0.626. The lowest BCUT2D eigenvalue weighted by molar-refractivity contribution is -0.140. The summed E-state index contributed by atoms with van der Waals surface area (Å²) in [6.07, 6.45) is 1.26. The second-order valence-electron chi connectivity index (χ2n) is 10.5. The Hall–Kier alpha value is -4.25. The highest BCUT2D eigenvalue weighted by atomic mass is 32.2. The van der Waals surface area contributed by atoms with E-state index in [1.165, 1.54) is 25.2 Å². The van der Waals surface area contributed by atoms with E-state index in [1.54, 1.807) is 37.4 Å². The SMILES string of the molecule is COc1cccc(CN(C(=O)CN(c2ccc(OC)c(OC)c2)S(C)(=O)=O)[C@@H](Cc2ccccc2)C(=O)NCC(C)C)c1. The van der Waals surface area contributed by atoms with E-state index in [4.69, 9.17) is 14.2 Å². The van der Waals surface area contributed by atoms with Crippen molar-refractivity contribution in [1.82, 2.24) is 10.2 Å². The van der Waals surface area contributed by atoms with Gasteiger partial charge >= 0.3 is 0 Å². The second kappa shape index (κ2) is 15.3. The second-order valence-corrected chi connectivity index (χ2v) is 12.4. The molecule has 232 valence electrons. The van der Waals surface area contributed by atoms with E-state index >= 15 is 0 Å². The van der Waals surface area contributed by atoms with Gasteiger partial charge in [0.2, 0.25) is 21.8 Å². The Bertz CT molecular complexity index is 1480. The van der Waals surface area contributed by atoms with Crippen LogP contribution >= 0.6 is 0 Å². The summed E-state index contributed by atoms with van der Waals surface area (Å²) in [6, 6.07) is 20.3. The van der Waals surface area contributed by atoms with Gasteiger partial charge in [0.25, 0.3) is 0 Å². The van der Waals surface area contributed by atoms with Crippen LogP contribution in [-0.4, -0.2) is 71.8 Å². The predicted molar refractivity (Wildman–Crippen MR) is 167 cm³/mol. The van der Waals surface area contributed by atoms with Gasteiger partial charge in [0.1, 0.15) is 18.3 Å². The Morgan fingerprint density at radius 1 is 0.837 bits per heavy atom. The maximum absolute atomic E-state index is 14.2. The van der Waals surface area contributed by atoms with Crippen molar-refractivity contribution in [3.63, 3.8) is 0 Å². The molecule has 2 amide bonds. The molecule has 3 aromatic carbocycles. The number of sulfonamides is 1. The highest BCUT2D eigenvalue weighted by molar-refractivity contribution is 7.92. The zero-order chi connectivity index (χ0) is 31.6. The summed E-state index contributed by atoms with van der Waals surface area (Å²) in [4.78, 5) is 29.4. The third kappa shape index (κ3) is 9.37. The third-order valence-corrected chi connectivity index (χ3v) is 7.92. The Morgan fingerprint density at radius 3 is 2.12 bits per heavy atom. The normalized spacial score (nSPS) is 11.9. The lowest BCUT2D eigenvalue weighted by Crippen LogP contribution is -2.53. The minimum absolute atomic E-state index is 0.0478. The molecule has 3 aromatic rings. The molecular weight excluding hydrogens is 570 g/mol. The summed E-state index contributed by atoms with van der Waals surface area (Å²) in [7, 11) is 0.533. The van der Waals surface area contributed by atoms with Crippen molar-refractivity contribution in [3.05, 3.63) is 83.9 Å². The van der Waals surface area contributed by atoms with Crippen molar-refractivity contribution in [2.45, 2.75) is 32.9 Å². The van der Waals surface area contributed by atoms with Crippen LogP contribution in [0.3, 0.4) is 0 Å². The van der Waals surface area contributed by atoms with E-state index < -0.39 is 28.5 Å². The van der Waals surface area contributed by atoms with Gasteiger partial charge in [-0.25, -0.2) is 8.42 Å². The molecule has 11 heteroatoms. The number of carbonyl (C=O) groups excluding carboxylic acids is 2. The van der Waals surface area contributed by atoms with Gasteiger partial charge in [-0.1, -0.05) is 56.3 Å². The minimum Gasteiger partial charge on any atom is -0.497 e. The monoisotopic (exact) mass is 611 g/mol. The van der Waals surface area contributed by atoms with Gasteiger partial charge in [-0.2, -0.15) is 0 Å². The summed E-state index contributed by atoms with van der Waals surface area (Å²) in [6.45, 7) is 3.90. The maximum atomic E-state index is 14.2. The van der Waals surface area contributed by atoms with Crippen LogP contribution in [0.4, 0.5) is 5.69 Å². The highest BCUT2D eigenvalue weighted by Crippen LogP contribution is 2.32. The van der Waals surface area contributed by atoms with Gasteiger partial charge in [-0.05, 0) is 41.3 Å². The van der Waals surface area contributed by atoms with Crippen LogP contribution in [0.5, 0.6) is 17.2 Å². The topological polar surface area (TPSA) is 114 Å². The number of amides is 2. The van der Waals surface area contributed by atoms with Crippen molar-refractivity contribution >= 4 is 27.5 Å². The van der Waals surface area contributed by atoms with Gasteiger partial charge in [0.05, 0.1) is 33.3 Å². The molecule has 0 aromatic heterocycles. The molecule has 0 unspecified atom stereocenters. The molecule has 0 aliphatic heterocycles. The van der Waals surface area contributed by atoms with Crippen LogP contribution in [-0.2, 0) is 32.6 Å². The van der Waals surface area contributed by atoms with E-state index in [0.29, 0.717) is 23.8 Å². The average Bonchev–Trinajstić information content (AvgIpc) is 2.99. The number of anilines is 1. The fourth-order valence-corrected chi connectivity index (χ4v) is 5.38. The fourth-order valence-electron chi connectivity index (χ4n) is 4.54. The van der Waals surface area contributed by atoms with E-state index in [1.807, 2.05) is 50.2 Å². The molecule has 0 bridgehead atoms. The van der Waals surface area contributed by atoms with Crippen LogP contribution < -0.4 is 23.8 Å². The lowest BCUT2D eigenvalue weighted by Gasteiger charge is -2.33. The van der Waals surface area contributed by atoms with Gasteiger partial charge in [0.15, 0.2) is 11.5 Å². The lowest BCUT2D eigenvalue weighted by atomic mass is 10.0. The summed E-state index contributed by atoms with van der Waals surface area (Å²) < 4.78 is 43.1.